The second-order valence-electron chi connectivity index (χ2n) is 6.48. The first-order chi connectivity index (χ1) is 11.6. The molecule has 2 aromatic rings. The first-order valence-electron chi connectivity index (χ1n) is 8.31. The van der Waals surface area contributed by atoms with Crippen molar-refractivity contribution in [3.8, 4) is 0 Å². The van der Waals surface area contributed by atoms with Gasteiger partial charge in [0, 0.05) is 38.3 Å². The summed E-state index contributed by atoms with van der Waals surface area (Å²) >= 11 is 0. The number of hydrogen-bond acceptors (Lipinski definition) is 5. The summed E-state index contributed by atoms with van der Waals surface area (Å²) < 4.78 is 1.82. The maximum absolute atomic E-state index is 12.3. The molecular weight excluding hydrogens is 306 g/mol. The number of pyridine rings is 1. The van der Waals surface area contributed by atoms with E-state index in [9.17, 15) is 9.90 Å². The summed E-state index contributed by atoms with van der Waals surface area (Å²) in [6.07, 6.45) is 8.14. The maximum Gasteiger partial charge on any atom is 0.220 e. The number of aryl methyl sites for hydroxylation is 2. The Morgan fingerprint density at radius 1 is 1.42 bits per heavy atom. The third-order valence-corrected chi connectivity index (χ3v) is 4.65. The van der Waals surface area contributed by atoms with E-state index in [2.05, 4.69) is 20.5 Å². The molecule has 2 heterocycles. The van der Waals surface area contributed by atoms with E-state index in [0.717, 1.165) is 30.7 Å². The Bertz CT molecular complexity index is 667. The monoisotopic (exact) mass is 329 g/mol. The van der Waals surface area contributed by atoms with Gasteiger partial charge in [0.05, 0.1) is 6.10 Å². The van der Waals surface area contributed by atoms with Gasteiger partial charge in [-0.25, -0.2) is 0 Å². The van der Waals surface area contributed by atoms with Crippen LogP contribution in [0.5, 0.6) is 0 Å². The summed E-state index contributed by atoms with van der Waals surface area (Å²) in [6, 6.07) is 3.98. The molecule has 1 aliphatic rings. The number of amides is 1. The summed E-state index contributed by atoms with van der Waals surface area (Å²) in [5.41, 5.74) is 1.14. The molecule has 1 aliphatic carbocycles. The van der Waals surface area contributed by atoms with Crippen LogP contribution in [0.1, 0.15) is 30.7 Å². The highest BCUT2D eigenvalue weighted by molar-refractivity contribution is 5.76. The molecule has 7 heteroatoms. The fraction of sp³-hybridized carbons (Fsp3) is 0.529. The van der Waals surface area contributed by atoms with Gasteiger partial charge in [-0.3, -0.25) is 9.78 Å². The molecule has 0 saturated heterocycles. The Labute approximate surface area is 141 Å². The van der Waals surface area contributed by atoms with Crippen LogP contribution in [0.2, 0.25) is 0 Å². The molecule has 0 radical (unpaired) electrons. The van der Waals surface area contributed by atoms with Gasteiger partial charge in [-0.2, -0.15) is 0 Å². The minimum Gasteiger partial charge on any atom is -0.393 e. The van der Waals surface area contributed by atoms with Crippen molar-refractivity contribution in [3.05, 3.63) is 42.2 Å². The number of rotatable bonds is 7. The highest BCUT2D eigenvalue weighted by atomic mass is 16.3. The number of carbonyl (C=O) groups excluding carboxylic acids is 1. The van der Waals surface area contributed by atoms with E-state index in [1.165, 1.54) is 0 Å². The average molecular weight is 329 g/mol. The number of aromatic nitrogens is 4. The predicted octanol–water partition coefficient (Wildman–Crippen LogP) is 0.641. The standard InChI is InChI=1S/C17H23N5O2/c1-22-11-19-21-16(22)2-3-17(24)20-15(13-9-14(23)10-13)8-12-4-6-18-7-5-12/h4-7,11,13-15,23H,2-3,8-10H2,1H3,(H,20,24). The van der Waals surface area contributed by atoms with Gasteiger partial charge in [0.2, 0.25) is 5.91 Å². The van der Waals surface area contributed by atoms with Gasteiger partial charge in [0.15, 0.2) is 0 Å². The Morgan fingerprint density at radius 2 is 2.17 bits per heavy atom. The van der Waals surface area contributed by atoms with Crippen molar-refractivity contribution in [3.63, 3.8) is 0 Å². The zero-order chi connectivity index (χ0) is 16.9. The third kappa shape index (κ3) is 4.17. The second kappa shape index (κ2) is 7.53. The van der Waals surface area contributed by atoms with Crippen LogP contribution in [0.3, 0.4) is 0 Å². The van der Waals surface area contributed by atoms with Crippen LogP contribution in [0.25, 0.3) is 0 Å². The molecule has 0 spiro atoms. The van der Waals surface area contributed by atoms with E-state index in [1.54, 1.807) is 18.7 Å². The second-order valence-corrected chi connectivity index (χ2v) is 6.48. The summed E-state index contributed by atoms with van der Waals surface area (Å²) in [4.78, 5) is 16.4. The van der Waals surface area contributed by atoms with Crippen LogP contribution >= 0.6 is 0 Å². The topological polar surface area (TPSA) is 92.9 Å². The number of nitrogens with one attached hydrogen (secondary N) is 1. The predicted molar refractivity (Wildman–Crippen MR) is 87.9 cm³/mol. The molecule has 0 aliphatic heterocycles. The van der Waals surface area contributed by atoms with Crippen LogP contribution in [0.15, 0.2) is 30.9 Å². The van der Waals surface area contributed by atoms with E-state index >= 15 is 0 Å². The number of hydrogen-bond donors (Lipinski definition) is 2. The van der Waals surface area contributed by atoms with Crippen molar-refractivity contribution >= 4 is 5.91 Å². The smallest absolute Gasteiger partial charge is 0.220 e. The molecule has 1 atom stereocenters. The molecule has 7 nitrogen and oxygen atoms in total. The highest BCUT2D eigenvalue weighted by Gasteiger charge is 2.34. The molecule has 0 bridgehead atoms. The Balaban J connectivity index is 1.56. The fourth-order valence-electron chi connectivity index (χ4n) is 3.10. The van der Waals surface area contributed by atoms with E-state index in [-0.39, 0.29) is 18.1 Å². The summed E-state index contributed by atoms with van der Waals surface area (Å²) in [6.45, 7) is 0. The minimum atomic E-state index is -0.231. The average Bonchev–Trinajstić information content (AvgIpc) is 2.95. The quantitative estimate of drug-likeness (QED) is 0.778. The molecule has 3 rings (SSSR count). The Hall–Kier alpha value is -2.28. The molecule has 1 amide bonds. The first kappa shape index (κ1) is 16.6. The number of nitrogens with zero attached hydrogens (tertiary/aromatic N) is 4. The van der Waals surface area contributed by atoms with Gasteiger partial charge in [-0.1, -0.05) is 0 Å². The van der Waals surface area contributed by atoms with Crippen molar-refractivity contribution in [2.75, 3.05) is 0 Å². The molecule has 24 heavy (non-hydrogen) atoms. The first-order valence-corrected chi connectivity index (χ1v) is 8.31. The molecule has 1 unspecified atom stereocenters. The zero-order valence-electron chi connectivity index (χ0n) is 13.8. The van der Waals surface area contributed by atoms with Crippen LogP contribution < -0.4 is 5.32 Å². The van der Waals surface area contributed by atoms with Crippen LogP contribution in [-0.4, -0.2) is 42.9 Å². The van der Waals surface area contributed by atoms with Crippen LogP contribution in [0, 0.1) is 5.92 Å². The van der Waals surface area contributed by atoms with Crippen LogP contribution in [0.4, 0.5) is 0 Å². The highest BCUT2D eigenvalue weighted by Crippen LogP contribution is 2.31. The molecule has 128 valence electrons. The van der Waals surface area contributed by atoms with Crippen molar-refractivity contribution in [2.45, 2.75) is 44.2 Å². The van der Waals surface area contributed by atoms with Gasteiger partial charge in [0.1, 0.15) is 12.2 Å². The largest absolute Gasteiger partial charge is 0.393 e. The third-order valence-electron chi connectivity index (χ3n) is 4.65. The molecular formula is C17H23N5O2. The van der Waals surface area contributed by atoms with Gasteiger partial charge in [-0.05, 0) is 42.9 Å². The number of aliphatic hydroxyl groups excluding tert-OH is 1. The minimum absolute atomic E-state index is 0.0124. The Morgan fingerprint density at radius 3 is 2.79 bits per heavy atom. The SMILES string of the molecule is Cn1cnnc1CCC(=O)NC(Cc1ccncc1)C1CC(O)C1. The lowest BCUT2D eigenvalue weighted by molar-refractivity contribution is -0.122. The lowest BCUT2D eigenvalue weighted by Crippen LogP contribution is -2.48. The molecule has 0 aromatic carbocycles. The summed E-state index contributed by atoms with van der Waals surface area (Å²) in [7, 11) is 1.87. The fourth-order valence-corrected chi connectivity index (χ4v) is 3.10. The summed E-state index contributed by atoms with van der Waals surface area (Å²) in [5.74, 6) is 1.14. The Kier molecular flexibility index (Phi) is 5.20. The van der Waals surface area contributed by atoms with Crippen molar-refractivity contribution in [1.29, 1.82) is 0 Å². The van der Waals surface area contributed by atoms with Crippen LogP contribution in [-0.2, 0) is 24.7 Å². The van der Waals surface area contributed by atoms with Gasteiger partial charge >= 0.3 is 0 Å². The maximum atomic E-state index is 12.3. The van der Waals surface area contributed by atoms with E-state index < -0.39 is 0 Å². The van der Waals surface area contributed by atoms with Gasteiger partial charge in [-0.15, -0.1) is 10.2 Å². The number of carbonyl (C=O) groups is 1. The normalized spacial score (nSPS) is 21.1. The van der Waals surface area contributed by atoms with Gasteiger partial charge < -0.3 is 15.0 Å². The van der Waals surface area contributed by atoms with Crippen molar-refractivity contribution < 1.29 is 9.90 Å². The summed E-state index contributed by atoms with van der Waals surface area (Å²) in [5, 5.41) is 20.6. The molecule has 2 aromatic heterocycles. The van der Waals surface area contributed by atoms with Crippen molar-refractivity contribution in [2.24, 2.45) is 13.0 Å². The molecule has 1 saturated carbocycles. The van der Waals surface area contributed by atoms with Crippen molar-refractivity contribution in [1.82, 2.24) is 25.1 Å². The molecule has 1 fully saturated rings. The van der Waals surface area contributed by atoms with E-state index in [1.807, 2.05) is 23.7 Å². The van der Waals surface area contributed by atoms with E-state index in [4.69, 9.17) is 0 Å². The van der Waals surface area contributed by atoms with Gasteiger partial charge in [0.25, 0.3) is 0 Å². The molecule has 2 N–H and O–H groups in total. The number of aliphatic hydroxyl groups is 1. The zero-order valence-corrected chi connectivity index (χ0v) is 13.8. The lowest BCUT2D eigenvalue weighted by Gasteiger charge is -2.38. The van der Waals surface area contributed by atoms with E-state index in [0.29, 0.717) is 18.8 Å². The lowest BCUT2D eigenvalue weighted by atomic mass is 9.75.